The first-order valence-corrected chi connectivity index (χ1v) is 8.81. The predicted octanol–water partition coefficient (Wildman–Crippen LogP) is 3.24. The van der Waals surface area contributed by atoms with Crippen molar-refractivity contribution < 1.29 is 0 Å². The summed E-state index contributed by atoms with van der Waals surface area (Å²) in [6, 6.07) is 5.05. The molecule has 0 aromatic heterocycles. The zero-order chi connectivity index (χ0) is 13.9. The molecular weight excluding hydrogens is 256 g/mol. The number of rotatable bonds is 0. The van der Waals surface area contributed by atoms with Crippen molar-refractivity contribution in [2.24, 2.45) is 71.0 Å². The highest BCUT2D eigenvalue weighted by atomic mass is 14.8. The lowest BCUT2D eigenvalue weighted by molar-refractivity contribution is 0.0252. The Balaban J connectivity index is 1.44. The van der Waals surface area contributed by atoms with E-state index in [-0.39, 0.29) is 11.8 Å². The maximum Gasteiger partial charge on any atom is 0.0672 e. The van der Waals surface area contributed by atoms with E-state index >= 15 is 0 Å². The van der Waals surface area contributed by atoms with Crippen molar-refractivity contribution in [1.82, 2.24) is 0 Å². The van der Waals surface area contributed by atoms with Gasteiger partial charge in [-0.1, -0.05) is 12.2 Å². The lowest BCUT2D eigenvalue weighted by atomic mass is 9.57. The van der Waals surface area contributed by atoms with Crippen molar-refractivity contribution in [3.05, 3.63) is 12.2 Å². The van der Waals surface area contributed by atoms with Crippen molar-refractivity contribution in [3.63, 3.8) is 0 Å². The van der Waals surface area contributed by atoms with Gasteiger partial charge in [0.1, 0.15) is 0 Å². The number of allylic oxidation sites excluding steroid dienone is 2. The highest BCUT2D eigenvalue weighted by molar-refractivity contribution is 5.28. The van der Waals surface area contributed by atoms with E-state index in [9.17, 15) is 10.5 Å². The first-order chi connectivity index (χ1) is 10.3. The number of fused-ring (bicyclic) bond motifs is 16. The van der Waals surface area contributed by atoms with Gasteiger partial charge in [0.15, 0.2) is 0 Å². The van der Waals surface area contributed by atoms with Crippen LogP contribution in [0.5, 0.6) is 0 Å². The largest absolute Gasteiger partial charge is 0.198 e. The van der Waals surface area contributed by atoms with Crippen LogP contribution in [0.1, 0.15) is 19.3 Å². The third-order valence-corrected chi connectivity index (χ3v) is 8.69. The van der Waals surface area contributed by atoms with Crippen LogP contribution < -0.4 is 0 Å². The number of nitrogens with zero attached hydrogens (tertiary/aromatic N) is 2. The van der Waals surface area contributed by atoms with Crippen LogP contribution in [-0.4, -0.2) is 0 Å². The van der Waals surface area contributed by atoms with E-state index in [0.29, 0.717) is 11.8 Å². The Morgan fingerprint density at radius 3 is 1.57 bits per heavy atom. The third kappa shape index (κ3) is 1.02. The first-order valence-electron chi connectivity index (χ1n) is 8.81. The van der Waals surface area contributed by atoms with E-state index in [0.717, 1.165) is 47.3 Å². The monoisotopic (exact) mass is 276 g/mol. The Bertz CT molecular complexity index is 585. The van der Waals surface area contributed by atoms with Gasteiger partial charge in [0, 0.05) is 0 Å². The molecule has 106 valence electrons. The zero-order valence-electron chi connectivity index (χ0n) is 12.1. The standard InChI is InChI=1S/C19H20N2/c20-6-14-10-4-11(15(14)7-21)19-13-5-12(18(10)19)16-8-1-2-9(3-8)17(13)16/h1-2,8-19H,3-5H2. The molecule has 0 amide bonds. The second kappa shape index (κ2) is 3.38. The van der Waals surface area contributed by atoms with Crippen LogP contribution in [0.4, 0.5) is 0 Å². The average Bonchev–Trinajstić information content (AvgIpc) is 3.30. The fourth-order valence-electron chi connectivity index (χ4n) is 8.62. The third-order valence-electron chi connectivity index (χ3n) is 8.69. The molecule has 0 radical (unpaired) electrons. The van der Waals surface area contributed by atoms with Gasteiger partial charge in [-0.25, -0.2) is 0 Å². The topological polar surface area (TPSA) is 47.6 Å². The summed E-state index contributed by atoms with van der Waals surface area (Å²) in [5.74, 6) is 8.27. The maximum atomic E-state index is 9.56. The summed E-state index contributed by atoms with van der Waals surface area (Å²) in [5.41, 5.74) is 0. The molecule has 6 bridgehead atoms. The maximum absolute atomic E-state index is 9.56. The Labute approximate surface area is 125 Å². The molecule has 6 aliphatic rings. The van der Waals surface area contributed by atoms with E-state index in [2.05, 4.69) is 24.3 Å². The number of hydrogen-bond acceptors (Lipinski definition) is 2. The van der Waals surface area contributed by atoms with Crippen molar-refractivity contribution in [2.45, 2.75) is 19.3 Å². The molecule has 21 heavy (non-hydrogen) atoms. The average molecular weight is 276 g/mol. The fourth-order valence-corrected chi connectivity index (χ4v) is 8.62. The molecule has 0 heterocycles. The molecule has 0 N–H and O–H groups in total. The molecular formula is C19H20N2. The highest BCUT2D eigenvalue weighted by Gasteiger charge is 2.72. The van der Waals surface area contributed by atoms with Gasteiger partial charge in [-0.2, -0.15) is 10.5 Å². The van der Waals surface area contributed by atoms with Crippen molar-refractivity contribution in [3.8, 4) is 12.1 Å². The van der Waals surface area contributed by atoms with Crippen LogP contribution in [0.15, 0.2) is 12.2 Å². The molecule has 6 aliphatic carbocycles. The second-order valence-corrected chi connectivity index (χ2v) is 8.69. The Morgan fingerprint density at radius 1 is 0.619 bits per heavy atom. The van der Waals surface area contributed by atoms with Crippen LogP contribution in [0.2, 0.25) is 0 Å². The summed E-state index contributed by atoms with van der Waals surface area (Å²) >= 11 is 0. The van der Waals surface area contributed by atoms with E-state index in [1.165, 1.54) is 19.3 Å². The van der Waals surface area contributed by atoms with Crippen LogP contribution in [0.25, 0.3) is 0 Å². The molecule has 0 aromatic carbocycles. The van der Waals surface area contributed by atoms with E-state index in [1.54, 1.807) is 0 Å². The van der Waals surface area contributed by atoms with Crippen molar-refractivity contribution in [1.29, 1.82) is 10.5 Å². The van der Waals surface area contributed by atoms with Gasteiger partial charge in [-0.15, -0.1) is 0 Å². The first kappa shape index (κ1) is 11.3. The predicted molar refractivity (Wildman–Crippen MR) is 76.1 cm³/mol. The Hall–Kier alpha value is -1.28. The molecule has 6 rings (SSSR count). The molecule has 0 saturated heterocycles. The van der Waals surface area contributed by atoms with Gasteiger partial charge >= 0.3 is 0 Å². The van der Waals surface area contributed by atoms with Crippen LogP contribution in [0, 0.1) is 93.7 Å². The van der Waals surface area contributed by atoms with Crippen LogP contribution in [-0.2, 0) is 0 Å². The quantitative estimate of drug-likeness (QED) is 0.504. The number of hydrogen-bond donors (Lipinski definition) is 0. The minimum absolute atomic E-state index is 0.0492. The second-order valence-electron chi connectivity index (χ2n) is 8.69. The molecule has 12 atom stereocenters. The lowest BCUT2D eigenvalue weighted by Crippen LogP contribution is -2.44. The Kier molecular flexibility index (Phi) is 1.82. The van der Waals surface area contributed by atoms with E-state index in [1.807, 2.05) is 0 Å². The smallest absolute Gasteiger partial charge is 0.0672 e. The minimum atomic E-state index is 0.0492. The van der Waals surface area contributed by atoms with Gasteiger partial charge in [-0.05, 0) is 78.4 Å². The molecule has 0 spiro atoms. The molecule has 0 aliphatic heterocycles. The van der Waals surface area contributed by atoms with Gasteiger partial charge in [0.2, 0.25) is 0 Å². The molecule has 2 nitrogen and oxygen atoms in total. The highest BCUT2D eigenvalue weighted by Crippen LogP contribution is 2.77. The zero-order valence-corrected chi connectivity index (χ0v) is 12.1. The molecule has 2 heteroatoms. The minimum Gasteiger partial charge on any atom is -0.198 e. The summed E-state index contributed by atoms with van der Waals surface area (Å²) < 4.78 is 0. The fraction of sp³-hybridized carbons (Fsp3) is 0.789. The van der Waals surface area contributed by atoms with Crippen LogP contribution in [0.3, 0.4) is 0 Å². The SMILES string of the molecule is N#CC1C(C#N)C2CC1C1C3CC(C4C5C=CC(C5)C34)C21. The summed E-state index contributed by atoms with van der Waals surface area (Å²) in [6.07, 6.45) is 9.06. The van der Waals surface area contributed by atoms with E-state index in [4.69, 9.17) is 0 Å². The van der Waals surface area contributed by atoms with Crippen molar-refractivity contribution in [2.75, 3.05) is 0 Å². The number of nitriles is 2. The molecule has 5 saturated carbocycles. The van der Waals surface area contributed by atoms with Gasteiger partial charge in [-0.3, -0.25) is 0 Å². The lowest BCUT2D eigenvalue weighted by Gasteiger charge is -2.46. The normalized spacial score (nSPS) is 67.1. The molecule has 0 aromatic rings. The summed E-state index contributed by atoms with van der Waals surface area (Å²) in [7, 11) is 0. The van der Waals surface area contributed by atoms with E-state index < -0.39 is 0 Å². The van der Waals surface area contributed by atoms with Gasteiger partial charge < -0.3 is 0 Å². The summed E-state index contributed by atoms with van der Waals surface area (Å²) in [6.45, 7) is 0. The molecule has 5 fully saturated rings. The summed E-state index contributed by atoms with van der Waals surface area (Å²) in [5, 5.41) is 19.1. The van der Waals surface area contributed by atoms with Crippen LogP contribution >= 0.6 is 0 Å². The molecule has 12 unspecified atom stereocenters. The van der Waals surface area contributed by atoms with Crippen molar-refractivity contribution >= 4 is 0 Å². The summed E-state index contributed by atoms with van der Waals surface area (Å²) in [4.78, 5) is 0. The van der Waals surface area contributed by atoms with Gasteiger partial charge in [0.25, 0.3) is 0 Å². The Morgan fingerprint density at radius 2 is 1.10 bits per heavy atom. The van der Waals surface area contributed by atoms with Gasteiger partial charge in [0.05, 0.1) is 24.0 Å².